The van der Waals surface area contributed by atoms with E-state index in [9.17, 15) is 5.11 Å². The maximum Gasteiger partial charge on any atom is 0.123 e. The van der Waals surface area contributed by atoms with Crippen molar-refractivity contribution in [1.29, 1.82) is 0 Å². The second-order valence-electron chi connectivity index (χ2n) is 7.58. The number of aromatic hydroxyl groups is 1. The molecule has 21 heavy (non-hydrogen) atoms. The number of rotatable bonds is 3. The number of aryl methyl sites for hydroxylation is 1. The van der Waals surface area contributed by atoms with Crippen molar-refractivity contribution in [1.82, 2.24) is 0 Å². The highest BCUT2D eigenvalue weighted by atomic mass is 16.3. The summed E-state index contributed by atoms with van der Waals surface area (Å²) < 4.78 is 0. The van der Waals surface area contributed by atoms with Crippen molar-refractivity contribution in [2.45, 2.75) is 89.9 Å². The van der Waals surface area contributed by atoms with E-state index in [1.54, 1.807) is 0 Å². The topological polar surface area (TPSA) is 20.2 Å². The fraction of sp³-hybridized carbons (Fsp3) is 0.700. The predicted octanol–water partition coefficient (Wildman–Crippen LogP) is 6.14. The lowest BCUT2D eigenvalue weighted by Gasteiger charge is -2.25. The second kappa shape index (κ2) is 6.02. The molecule has 1 heteroatoms. The fourth-order valence-electron chi connectivity index (χ4n) is 4.71. The third kappa shape index (κ3) is 2.72. The van der Waals surface area contributed by atoms with Gasteiger partial charge in [-0.1, -0.05) is 45.6 Å². The highest BCUT2D eigenvalue weighted by Crippen LogP contribution is 2.48. The van der Waals surface area contributed by atoms with Gasteiger partial charge in [0.05, 0.1) is 0 Å². The number of phenolic OH excluding ortho intramolecular Hbond substituents is 1. The van der Waals surface area contributed by atoms with Crippen LogP contribution >= 0.6 is 0 Å². The molecular formula is C20H30O. The maximum atomic E-state index is 11.1. The average Bonchev–Trinajstić information content (AvgIpc) is 3.10. The smallest absolute Gasteiger partial charge is 0.123 e. The molecule has 0 saturated heterocycles. The molecule has 0 radical (unpaired) electrons. The van der Waals surface area contributed by atoms with Gasteiger partial charge in [-0.25, -0.2) is 0 Å². The summed E-state index contributed by atoms with van der Waals surface area (Å²) in [5.74, 6) is 2.38. The number of hydrogen-bond acceptors (Lipinski definition) is 1. The van der Waals surface area contributed by atoms with Gasteiger partial charge in [-0.2, -0.15) is 0 Å². The number of hydrogen-bond donors (Lipinski definition) is 1. The van der Waals surface area contributed by atoms with Crippen molar-refractivity contribution in [3.63, 3.8) is 0 Å². The molecule has 0 bridgehead atoms. The summed E-state index contributed by atoms with van der Waals surface area (Å²) in [6.07, 6.45) is 10.4. The lowest BCUT2D eigenvalue weighted by molar-refractivity contribution is 0.444. The summed E-state index contributed by atoms with van der Waals surface area (Å²) in [4.78, 5) is 0. The van der Waals surface area contributed by atoms with Crippen LogP contribution in [0.2, 0.25) is 0 Å². The number of phenols is 1. The van der Waals surface area contributed by atoms with Crippen molar-refractivity contribution < 1.29 is 5.11 Å². The van der Waals surface area contributed by atoms with Crippen LogP contribution in [-0.4, -0.2) is 5.11 Å². The first kappa shape index (κ1) is 14.9. The summed E-state index contributed by atoms with van der Waals surface area (Å²) >= 11 is 0. The highest BCUT2D eigenvalue weighted by Gasteiger charge is 2.30. The van der Waals surface area contributed by atoms with E-state index in [1.165, 1.54) is 73.6 Å². The lowest BCUT2D eigenvalue weighted by atomic mass is 9.81. The van der Waals surface area contributed by atoms with Crippen LogP contribution in [0.15, 0.2) is 6.07 Å². The summed E-state index contributed by atoms with van der Waals surface area (Å²) in [5.41, 5.74) is 5.33. The van der Waals surface area contributed by atoms with Crippen molar-refractivity contribution >= 4 is 0 Å². The molecule has 0 spiro atoms. The van der Waals surface area contributed by atoms with Gasteiger partial charge in [-0.3, -0.25) is 0 Å². The van der Waals surface area contributed by atoms with E-state index in [-0.39, 0.29) is 0 Å². The zero-order valence-electron chi connectivity index (χ0n) is 13.9. The van der Waals surface area contributed by atoms with Crippen LogP contribution in [-0.2, 0) is 0 Å². The SMILES string of the molecule is Cc1cc(C(C)C)c(C2CCCC2)c(O)c1C1CCCC1. The van der Waals surface area contributed by atoms with Gasteiger partial charge in [0.2, 0.25) is 0 Å². The van der Waals surface area contributed by atoms with Crippen molar-refractivity contribution in [2.75, 3.05) is 0 Å². The van der Waals surface area contributed by atoms with Gasteiger partial charge < -0.3 is 5.11 Å². The minimum absolute atomic E-state index is 0.503. The van der Waals surface area contributed by atoms with E-state index in [0.717, 1.165) is 0 Å². The first-order valence-electron chi connectivity index (χ1n) is 8.95. The molecular weight excluding hydrogens is 256 g/mol. The molecule has 1 N–H and O–H groups in total. The molecule has 116 valence electrons. The van der Waals surface area contributed by atoms with Gasteiger partial charge in [0.25, 0.3) is 0 Å². The Bertz CT molecular complexity index is 503. The van der Waals surface area contributed by atoms with Crippen LogP contribution in [0, 0.1) is 6.92 Å². The van der Waals surface area contributed by atoms with Crippen molar-refractivity contribution in [2.24, 2.45) is 0 Å². The molecule has 0 atom stereocenters. The van der Waals surface area contributed by atoms with E-state index < -0.39 is 0 Å². The molecule has 2 aliphatic carbocycles. The van der Waals surface area contributed by atoms with E-state index in [0.29, 0.717) is 23.5 Å². The van der Waals surface area contributed by atoms with Gasteiger partial charge in [-0.15, -0.1) is 0 Å². The van der Waals surface area contributed by atoms with Crippen LogP contribution < -0.4 is 0 Å². The van der Waals surface area contributed by atoms with Crippen LogP contribution in [0.25, 0.3) is 0 Å². The first-order valence-corrected chi connectivity index (χ1v) is 8.95. The van der Waals surface area contributed by atoms with Crippen LogP contribution in [0.5, 0.6) is 5.75 Å². The fourth-order valence-corrected chi connectivity index (χ4v) is 4.71. The Hall–Kier alpha value is -0.980. The molecule has 1 aromatic rings. The van der Waals surface area contributed by atoms with Crippen LogP contribution in [0.4, 0.5) is 0 Å². The first-order chi connectivity index (χ1) is 10.1. The summed E-state index contributed by atoms with van der Waals surface area (Å²) in [6, 6.07) is 2.39. The minimum Gasteiger partial charge on any atom is -0.507 e. The normalized spacial score (nSPS) is 20.8. The largest absolute Gasteiger partial charge is 0.507 e. The van der Waals surface area contributed by atoms with Crippen LogP contribution in [0.1, 0.15) is 105 Å². The molecule has 1 nitrogen and oxygen atoms in total. The standard InChI is InChI=1S/C20H30O/c1-13(2)17-12-14(3)18(15-8-4-5-9-15)20(21)19(17)16-10-6-7-11-16/h12-13,15-16,21H,4-11H2,1-3H3. The molecule has 3 rings (SSSR count). The molecule has 2 saturated carbocycles. The Balaban J connectivity index is 2.11. The monoisotopic (exact) mass is 286 g/mol. The van der Waals surface area contributed by atoms with Crippen molar-refractivity contribution in [3.8, 4) is 5.75 Å². The summed E-state index contributed by atoms with van der Waals surface area (Å²) in [6.45, 7) is 6.74. The second-order valence-corrected chi connectivity index (χ2v) is 7.58. The Morgan fingerprint density at radius 1 is 0.905 bits per heavy atom. The molecule has 0 heterocycles. The molecule has 0 aliphatic heterocycles. The van der Waals surface area contributed by atoms with Gasteiger partial charge in [0, 0.05) is 11.1 Å². The minimum atomic E-state index is 0.503. The molecule has 2 aliphatic rings. The third-order valence-electron chi connectivity index (χ3n) is 5.77. The molecule has 0 amide bonds. The maximum absolute atomic E-state index is 11.1. The average molecular weight is 286 g/mol. The van der Waals surface area contributed by atoms with Crippen LogP contribution in [0.3, 0.4) is 0 Å². The zero-order chi connectivity index (χ0) is 15.0. The van der Waals surface area contributed by atoms with E-state index in [2.05, 4.69) is 26.8 Å². The molecule has 2 fully saturated rings. The third-order valence-corrected chi connectivity index (χ3v) is 5.77. The Morgan fingerprint density at radius 3 is 1.86 bits per heavy atom. The van der Waals surface area contributed by atoms with Gasteiger partial charge >= 0.3 is 0 Å². The van der Waals surface area contributed by atoms with E-state index >= 15 is 0 Å². The zero-order valence-corrected chi connectivity index (χ0v) is 13.9. The van der Waals surface area contributed by atoms with Gasteiger partial charge in [0.15, 0.2) is 0 Å². The Labute approximate surface area is 129 Å². The molecule has 0 unspecified atom stereocenters. The van der Waals surface area contributed by atoms with Crippen molar-refractivity contribution in [3.05, 3.63) is 28.3 Å². The van der Waals surface area contributed by atoms with Gasteiger partial charge in [-0.05, 0) is 61.5 Å². The lowest BCUT2D eigenvalue weighted by Crippen LogP contribution is -2.07. The summed E-state index contributed by atoms with van der Waals surface area (Å²) in [5, 5.41) is 11.1. The summed E-state index contributed by atoms with van der Waals surface area (Å²) in [7, 11) is 0. The van der Waals surface area contributed by atoms with E-state index in [1.807, 2.05) is 0 Å². The Kier molecular flexibility index (Phi) is 4.28. The number of benzene rings is 1. The highest BCUT2D eigenvalue weighted by molar-refractivity contribution is 5.54. The predicted molar refractivity (Wildman–Crippen MR) is 89.4 cm³/mol. The molecule has 1 aromatic carbocycles. The quantitative estimate of drug-likeness (QED) is 0.707. The molecule has 0 aromatic heterocycles. The Morgan fingerprint density at radius 2 is 1.38 bits per heavy atom. The van der Waals surface area contributed by atoms with E-state index in [4.69, 9.17) is 0 Å². The van der Waals surface area contributed by atoms with Gasteiger partial charge in [0.1, 0.15) is 5.75 Å².